The molecule has 2 heterocycles. The first-order chi connectivity index (χ1) is 11.9. The molecule has 0 bridgehead atoms. The fourth-order valence-electron chi connectivity index (χ4n) is 2.30. The van der Waals surface area contributed by atoms with Crippen LogP contribution in [-0.4, -0.2) is 31.7 Å². The maximum atomic E-state index is 12.3. The highest BCUT2D eigenvalue weighted by molar-refractivity contribution is 7.09. The molecule has 0 atom stereocenters. The minimum absolute atomic E-state index is 0.146. The van der Waals surface area contributed by atoms with Crippen molar-refractivity contribution in [2.75, 3.05) is 5.32 Å². The summed E-state index contributed by atoms with van der Waals surface area (Å²) < 4.78 is 1.34. The lowest BCUT2D eigenvalue weighted by molar-refractivity contribution is 0.0690. The molecule has 0 aliphatic carbocycles. The molecule has 128 valence electrons. The standard InChI is InChI=1S/C17H16N4O3S/c1-10-3-5-11(6-4-10)7-14-18-13(9-25-14)16(22)19-12-8-21(2)20-15(12)17(23)24/h3-6,8-9H,7H2,1-2H3,(H,19,22)(H,23,24). The molecule has 0 radical (unpaired) electrons. The Hall–Kier alpha value is -3.00. The number of carboxylic acids is 1. The van der Waals surface area contributed by atoms with Crippen molar-refractivity contribution in [2.24, 2.45) is 7.05 Å². The number of rotatable bonds is 5. The van der Waals surface area contributed by atoms with Crippen molar-refractivity contribution in [3.63, 3.8) is 0 Å². The predicted molar refractivity (Wildman–Crippen MR) is 94.2 cm³/mol. The van der Waals surface area contributed by atoms with Gasteiger partial charge in [0.1, 0.15) is 5.69 Å². The van der Waals surface area contributed by atoms with Gasteiger partial charge in [-0.25, -0.2) is 9.78 Å². The van der Waals surface area contributed by atoms with Crippen molar-refractivity contribution in [3.8, 4) is 0 Å². The van der Waals surface area contributed by atoms with Crippen LogP contribution in [0.1, 0.15) is 37.1 Å². The maximum absolute atomic E-state index is 12.3. The third kappa shape index (κ3) is 3.92. The van der Waals surface area contributed by atoms with E-state index in [4.69, 9.17) is 5.11 Å². The van der Waals surface area contributed by atoms with Crippen LogP contribution in [0, 0.1) is 6.92 Å². The fourth-order valence-corrected chi connectivity index (χ4v) is 3.11. The summed E-state index contributed by atoms with van der Waals surface area (Å²) in [4.78, 5) is 27.8. The van der Waals surface area contributed by atoms with Gasteiger partial charge in [-0.3, -0.25) is 9.48 Å². The molecule has 0 spiro atoms. The van der Waals surface area contributed by atoms with Gasteiger partial charge in [-0.2, -0.15) is 5.10 Å². The van der Waals surface area contributed by atoms with E-state index in [-0.39, 0.29) is 17.1 Å². The first-order valence-corrected chi connectivity index (χ1v) is 8.38. The molecule has 0 saturated heterocycles. The molecule has 3 rings (SSSR count). The summed E-state index contributed by atoms with van der Waals surface area (Å²) in [7, 11) is 1.59. The third-order valence-corrected chi connectivity index (χ3v) is 4.39. The molecule has 25 heavy (non-hydrogen) atoms. The molecule has 0 aliphatic heterocycles. The Bertz CT molecular complexity index is 928. The highest BCUT2D eigenvalue weighted by Crippen LogP contribution is 2.18. The van der Waals surface area contributed by atoms with E-state index in [0.29, 0.717) is 6.42 Å². The highest BCUT2D eigenvalue weighted by atomic mass is 32.1. The van der Waals surface area contributed by atoms with E-state index in [1.54, 1.807) is 12.4 Å². The second-order valence-corrected chi connectivity index (χ2v) is 6.56. The Balaban J connectivity index is 1.72. The molecule has 1 aromatic carbocycles. The summed E-state index contributed by atoms with van der Waals surface area (Å²) in [6, 6.07) is 8.13. The van der Waals surface area contributed by atoms with Crippen molar-refractivity contribution >= 4 is 28.9 Å². The Kier molecular flexibility index (Phi) is 4.62. The minimum Gasteiger partial charge on any atom is -0.476 e. The molecule has 0 aliphatic rings. The van der Waals surface area contributed by atoms with Crippen LogP contribution in [0.4, 0.5) is 5.69 Å². The first kappa shape index (κ1) is 16.8. The van der Waals surface area contributed by atoms with Crippen LogP contribution in [-0.2, 0) is 13.5 Å². The number of aryl methyl sites for hydroxylation is 2. The average molecular weight is 356 g/mol. The van der Waals surface area contributed by atoms with Gasteiger partial charge in [0.05, 0.1) is 10.7 Å². The van der Waals surface area contributed by atoms with Crippen molar-refractivity contribution in [1.82, 2.24) is 14.8 Å². The van der Waals surface area contributed by atoms with Gasteiger partial charge < -0.3 is 10.4 Å². The van der Waals surface area contributed by atoms with Crippen molar-refractivity contribution < 1.29 is 14.7 Å². The quantitative estimate of drug-likeness (QED) is 0.733. The number of carboxylic acid groups (broad SMARTS) is 1. The maximum Gasteiger partial charge on any atom is 0.358 e. The second-order valence-electron chi connectivity index (χ2n) is 5.61. The molecule has 8 heteroatoms. The number of carbonyl (C=O) groups is 2. The molecule has 2 aromatic heterocycles. The number of hydrogen-bond donors (Lipinski definition) is 2. The summed E-state index contributed by atoms with van der Waals surface area (Å²) >= 11 is 1.39. The van der Waals surface area contributed by atoms with Gasteiger partial charge in [-0.05, 0) is 12.5 Å². The molecule has 0 unspecified atom stereocenters. The third-order valence-electron chi connectivity index (χ3n) is 3.54. The van der Waals surface area contributed by atoms with Crippen molar-refractivity contribution in [1.29, 1.82) is 0 Å². The summed E-state index contributed by atoms with van der Waals surface area (Å²) in [6.45, 7) is 2.03. The molecule has 2 N–H and O–H groups in total. The molecule has 0 fully saturated rings. The van der Waals surface area contributed by atoms with Gasteiger partial charge in [0.2, 0.25) is 0 Å². The Labute approximate surface area is 148 Å². The largest absolute Gasteiger partial charge is 0.476 e. The van der Waals surface area contributed by atoms with Crippen molar-refractivity contribution in [2.45, 2.75) is 13.3 Å². The van der Waals surface area contributed by atoms with Crippen LogP contribution in [0.5, 0.6) is 0 Å². The number of carbonyl (C=O) groups excluding carboxylic acids is 1. The topological polar surface area (TPSA) is 97.1 Å². The molecule has 0 saturated carbocycles. The lowest BCUT2D eigenvalue weighted by Gasteiger charge is -2.01. The summed E-state index contributed by atoms with van der Waals surface area (Å²) in [6.07, 6.45) is 2.09. The number of thiazole rings is 1. The molecule has 3 aromatic rings. The number of nitrogens with zero attached hydrogens (tertiary/aromatic N) is 3. The van der Waals surface area contributed by atoms with E-state index in [1.165, 1.54) is 27.8 Å². The highest BCUT2D eigenvalue weighted by Gasteiger charge is 2.19. The van der Waals surface area contributed by atoms with E-state index in [9.17, 15) is 9.59 Å². The number of aromatic nitrogens is 3. The van der Waals surface area contributed by atoms with Gasteiger partial charge in [-0.15, -0.1) is 11.3 Å². The Morgan fingerprint density at radius 2 is 2.00 bits per heavy atom. The average Bonchev–Trinajstić information content (AvgIpc) is 3.16. The van der Waals surface area contributed by atoms with Gasteiger partial charge in [0.15, 0.2) is 5.69 Å². The zero-order valence-electron chi connectivity index (χ0n) is 13.7. The molecule has 7 nitrogen and oxygen atoms in total. The lowest BCUT2D eigenvalue weighted by Crippen LogP contribution is -2.14. The van der Waals surface area contributed by atoms with E-state index in [2.05, 4.69) is 15.4 Å². The number of hydrogen-bond acceptors (Lipinski definition) is 5. The zero-order valence-corrected chi connectivity index (χ0v) is 14.5. The van der Waals surface area contributed by atoms with Crippen LogP contribution in [0.3, 0.4) is 0 Å². The number of benzene rings is 1. The van der Waals surface area contributed by atoms with E-state index in [0.717, 1.165) is 10.6 Å². The second kappa shape index (κ2) is 6.86. The first-order valence-electron chi connectivity index (χ1n) is 7.50. The fraction of sp³-hybridized carbons (Fsp3) is 0.176. The molecular weight excluding hydrogens is 340 g/mol. The number of anilines is 1. The zero-order chi connectivity index (χ0) is 18.0. The Morgan fingerprint density at radius 1 is 1.28 bits per heavy atom. The van der Waals surface area contributed by atoms with E-state index in [1.807, 2.05) is 31.2 Å². The lowest BCUT2D eigenvalue weighted by atomic mass is 10.1. The van der Waals surface area contributed by atoms with Gasteiger partial charge in [0.25, 0.3) is 5.91 Å². The smallest absolute Gasteiger partial charge is 0.358 e. The van der Waals surface area contributed by atoms with Gasteiger partial charge >= 0.3 is 5.97 Å². The van der Waals surface area contributed by atoms with Crippen LogP contribution in [0.2, 0.25) is 0 Å². The van der Waals surface area contributed by atoms with Crippen LogP contribution >= 0.6 is 11.3 Å². The number of nitrogens with one attached hydrogen (secondary N) is 1. The van der Waals surface area contributed by atoms with Crippen LogP contribution in [0.15, 0.2) is 35.8 Å². The summed E-state index contributed by atoms with van der Waals surface area (Å²) in [5.41, 5.74) is 2.51. The summed E-state index contributed by atoms with van der Waals surface area (Å²) in [5.74, 6) is -1.66. The van der Waals surface area contributed by atoms with Crippen molar-refractivity contribution in [3.05, 3.63) is 63.4 Å². The normalized spacial score (nSPS) is 10.6. The minimum atomic E-state index is -1.20. The number of aromatic carboxylic acids is 1. The van der Waals surface area contributed by atoms with Gasteiger partial charge in [0, 0.05) is 25.0 Å². The summed E-state index contributed by atoms with van der Waals surface area (Å²) in [5, 5.41) is 18.0. The number of amides is 1. The predicted octanol–water partition coefficient (Wildman–Crippen LogP) is 2.73. The van der Waals surface area contributed by atoms with E-state index >= 15 is 0 Å². The SMILES string of the molecule is Cc1ccc(Cc2nc(C(=O)Nc3cn(C)nc3C(=O)O)cs2)cc1. The molecule has 1 amide bonds. The van der Waals surface area contributed by atoms with Crippen LogP contribution < -0.4 is 5.32 Å². The molecular formula is C17H16N4O3S. The van der Waals surface area contributed by atoms with E-state index < -0.39 is 11.9 Å². The Morgan fingerprint density at radius 3 is 2.68 bits per heavy atom. The van der Waals surface area contributed by atoms with Crippen LogP contribution in [0.25, 0.3) is 0 Å². The monoisotopic (exact) mass is 356 g/mol. The van der Waals surface area contributed by atoms with Gasteiger partial charge in [-0.1, -0.05) is 29.8 Å².